The number of phenolic OH excluding ortho intramolecular Hbond substituents is 1. The molecule has 0 aromatic heterocycles. The van der Waals surface area contributed by atoms with E-state index in [1.807, 2.05) is 30.3 Å². The molecule has 0 aliphatic carbocycles. The van der Waals surface area contributed by atoms with Crippen LogP contribution < -0.4 is 5.32 Å². The topological polar surface area (TPSA) is 78.8 Å². The summed E-state index contributed by atoms with van der Waals surface area (Å²) in [7, 11) is 0. The number of phenols is 1. The van der Waals surface area contributed by atoms with Gasteiger partial charge in [0.15, 0.2) is 0 Å². The van der Waals surface area contributed by atoms with Gasteiger partial charge in [-0.1, -0.05) is 36.4 Å². The summed E-state index contributed by atoms with van der Waals surface area (Å²) in [5.41, 5.74) is 1.67. The second kappa shape index (κ2) is 6.58. The number of aromatic hydroxyl groups is 1. The second-order valence-corrected chi connectivity index (χ2v) is 4.20. The van der Waals surface area contributed by atoms with E-state index in [1.54, 1.807) is 6.07 Å². The van der Waals surface area contributed by atoms with Crippen LogP contribution >= 0.6 is 0 Å². The van der Waals surface area contributed by atoms with Crippen LogP contribution in [0.5, 0.6) is 5.75 Å². The van der Waals surface area contributed by atoms with Gasteiger partial charge in [0, 0.05) is 0 Å². The molecule has 2 aromatic rings. The van der Waals surface area contributed by atoms with Gasteiger partial charge in [0.2, 0.25) is 0 Å². The van der Waals surface area contributed by atoms with Gasteiger partial charge in [-0.25, -0.2) is 4.79 Å². The number of carbonyl (C=O) groups is 1. The van der Waals surface area contributed by atoms with Gasteiger partial charge in [-0.2, -0.15) is 0 Å². The average Bonchev–Trinajstić information content (AvgIpc) is 2.48. The maximum Gasteiger partial charge on any atom is 0.412 e. The zero-order chi connectivity index (χ0) is 14.4. The molecule has 3 N–H and O–H groups in total. The first-order chi connectivity index (χ1) is 9.69. The van der Waals surface area contributed by atoms with Crippen molar-refractivity contribution in [3.05, 3.63) is 59.7 Å². The van der Waals surface area contributed by atoms with E-state index >= 15 is 0 Å². The normalized spacial score (nSPS) is 10.1. The fourth-order valence-corrected chi connectivity index (χ4v) is 1.65. The van der Waals surface area contributed by atoms with E-state index in [1.165, 1.54) is 12.1 Å². The molecule has 0 heterocycles. The van der Waals surface area contributed by atoms with Crippen molar-refractivity contribution in [2.75, 3.05) is 5.32 Å². The lowest BCUT2D eigenvalue weighted by Gasteiger charge is -2.09. The fraction of sp³-hybridized carbons (Fsp3) is 0.133. The largest absolute Gasteiger partial charge is 0.506 e. The molecule has 0 saturated carbocycles. The van der Waals surface area contributed by atoms with Crippen LogP contribution in [0.2, 0.25) is 0 Å². The first kappa shape index (κ1) is 13.9. The molecule has 0 radical (unpaired) electrons. The summed E-state index contributed by atoms with van der Waals surface area (Å²) in [4.78, 5) is 11.6. The van der Waals surface area contributed by atoms with E-state index in [4.69, 9.17) is 9.84 Å². The van der Waals surface area contributed by atoms with E-state index in [0.717, 1.165) is 5.56 Å². The molecule has 0 unspecified atom stereocenters. The van der Waals surface area contributed by atoms with Crippen molar-refractivity contribution in [2.24, 2.45) is 0 Å². The molecule has 0 fully saturated rings. The lowest BCUT2D eigenvalue weighted by Crippen LogP contribution is -2.13. The van der Waals surface area contributed by atoms with Crippen LogP contribution in [0.4, 0.5) is 10.5 Å². The molecule has 0 saturated heterocycles. The fourth-order valence-electron chi connectivity index (χ4n) is 1.65. The van der Waals surface area contributed by atoms with E-state index in [-0.39, 0.29) is 24.7 Å². The molecule has 5 nitrogen and oxygen atoms in total. The van der Waals surface area contributed by atoms with Crippen molar-refractivity contribution < 1.29 is 19.7 Å². The Kier molecular flexibility index (Phi) is 4.57. The highest BCUT2D eigenvalue weighted by molar-refractivity contribution is 5.86. The molecule has 2 rings (SSSR count). The number of aliphatic hydroxyl groups excluding tert-OH is 1. The Labute approximate surface area is 116 Å². The van der Waals surface area contributed by atoms with Gasteiger partial charge < -0.3 is 14.9 Å². The number of nitrogens with one attached hydrogen (secondary N) is 1. The number of carbonyl (C=O) groups excluding carboxylic acids is 1. The number of benzene rings is 2. The molecule has 0 aliphatic heterocycles. The van der Waals surface area contributed by atoms with Crippen molar-refractivity contribution in [1.82, 2.24) is 0 Å². The summed E-state index contributed by atoms with van der Waals surface area (Å²) in [5, 5.41) is 21.0. The summed E-state index contributed by atoms with van der Waals surface area (Å²) in [6.07, 6.45) is -0.652. The minimum Gasteiger partial charge on any atom is -0.506 e. The van der Waals surface area contributed by atoms with Crippen LogP contribution in [-0.4, -0.2) is 16.3 Å². The highest BCUT2D eigenvalue weighted by atomic mass is 16.5. The second-order valence-electron chi connectivity index (χ2n) is 4.20. The Morgan fingerprint density at radius 2 is 1.85 bits per heavy atom. The van der Waals surface area contributed by atoms with Crippen molar-refractivity contribution in [2.45, 2.75) is 13.2 Å². The van der Waals surface area contributed by atoms with Gasteiger partial charge >= 0.3 is 6.09 Å². The van der Waals surface area contributed by atoms with Gasteiger partial charge in [-0.3, -0.25) is 5.32 Å². The number of rotatable bonds is 4. The standard InChI is InChI=1S/C15H15NO4/c17-9-12-6-7-13(14(18)8-12)16-15(19)20-10-11-4-2-1-3-5-11/h1-8,17-18H,9-10H2,(H,16,19). The zero-order valence-electron chi connectivity index (χ0n) is 10.7. The van der Waals surface area contributed by atoms with Gasteiger partial charge in [0.1, 0.15) is 12.4 Å². The van der Waals surface area contributed by atoms with Gasteiger partial charge in [0.05, 0.1) is 12.3 Å². The molecule has 0 atom stereocenters. The molecular formula is C15H15NO4. The first-order valence-corrected chi connectivity index (χ1v) is 6.09. The third-order valence-corrected chi connectivity index (χ3v) is 2.69. The number of hydrogen-bond acceptors (Lipinski definition) is 4. The zero-order valence-corrected chi connectivity index (χ0v) is 10.7. The maximum absolute atomic E-state index is 11.6. The van der Waals surface area contributed by atoms with Crippen LogP contribution in [-0.2, 0) is 18.0 Å². The number of aliphatic hydroxyl groups is 1. The number of amides is 1. The lowest BCUT2D eigenvalue weighted by atomic mass is 10.2. The van der Waals surface area contributed by atoms with Gasteiger partial charge in [-0.15, -0.1) is 0 Å². The van der Waals surface area contributed by atoms with Crippen LogP contribution in [0, 0.1) is 0 Å². The smallest absolute Gasteiger partial charge is 0.412 e. The highest BCUT2D eigenvalue weighted by Crippen LogP contribution is 2.24. The summed E-state index contributed by atoms with van der Waals surface area (Å²) in [5.74, 6) is -0.117. The predicted molar refractivity (Wildman–Crippen MR) is 74.3 cm³/mol. The van der Waals surface area contributed by atoms with E-state index in [0.29, 0.717) is 5.56 Å². The molecule has 5 heteroatoms. The van der Waals surface area contributed by atoms with Crippen molar-refractivity contribution in [1.29, 1.82) is 0 Å². The van der Waals surface area contributed by atoms with Crippen molar-refractivity contribution in [3.63, 3.8) is 0 Å². The van der Waals surface area contributed by atoms with Crippen LogP contribution in [0.3, 0.4) is 0 Å². The molecule has 2 aromatic carbocycles. The molecule has 20 heavy (non-hydrogen) atoms. The predicted octanol–water partition coefficient (Wildman–Crippen LogP) is 2.63. The first-order valence-electron chi connectivity index (χ1n) is 6.09. The molecule has 104 valence electrons. The Morgan fingerprint density at radius 1 is 1.10 bits per heavy atom. The van der Waals surface area contributed by atoms with Crippen LogP contribution in [0.1, 0.15) is 11.1 Å². The third-order valence-electron chi connectivity index (χ3n) is 2.69. The Balaban J connectivity index is 1.91. The summed E-state index contributed by atoms with van der Waals surface area (Å²) in [6.45, 7) is -0.0194. The molecule has 1 amide bonds. The van der Waals surface area contributed by atoms with E-state index in [9.17, 15) is 9.90 Å². The highest BCUT2D eigenvalue weighted by Gasteiger charge is 2.08. The number of hydrogen-bond donors (Lipinski definition) is 3. The monoisotopic (exact) mass is 273 g/mol. The van der Waals surface area contributed by atoms with Crippen LogP contribution in [0.15, 0.2) is 48.5 Å². The lowest BCUT2D eigenvalue weighted by molar-refractivity contribution is 0.155. The molecular weight excluding hydrogens is 258 g/mol. The minimum absolute atomic E-state index is 0.117. The summed E-state index contributed by atoms with van der Waals surface area (Å²) >= 11 is 0. The SMILES string of the molecule is O=C(Nc1ccc(CO)cc1O)OCc1ccccc1. The Hall–Kier alpha value is -2.53. The summed E-state index contributed by atoms with van der Waals surface area (Å²) in [6, 6.07) is 13.8. The Morgan fingerprint density at radius 3 is 2.50 bits per heavy atom. The molecule has 0 bridgehead atoms. The average molecular weight is 273 g/mol. The number of ether oxygens (including phenoxy) is 1. The molecule has 0 spiro atoms. The third kappa shape index (κ3) is 3.73. The molecule has 0 aliphatic rings. The quantitative estimate of drug-likeness (QED) is 0.748. The van der Waals surface area contributed by atoms with Gasteiger partial charge in [-0.05, 0) is 23.3 Å². The van der Waals surface area contributed by atoms with Crippen LogP contribution in [0.25, 0.3) is 0 Å². The van der Waals surface area contributed by atoms with Crippen molar-refractivity contribution >= 4 is 11.8 Å². The van der Waals surface area contributed by atoms with Crippen molar-refractivity contribution in [3.8, 4) is 5.75 Å². The van der Waals surface area contributed by atoms with Gasteiger partial charge in [0.25, 0.3) is 0 Å². The minimum atomic E-state index is -0.652. The summed E-state index contributed by atoms with van der Waals surface area (Å²) < 4.78 is 5.03. The van der Waals surface area contributed by atoms with E-state index in [2.05, 4.69) is 5.32 Å². The Bertz CT molecular complexity index is 584. The van der Waals surface area contributed by atoms with E-state index < -0.39 is 6.09 Å². The number of anilines is 1. The maximum atomic E-state index is 11.6.